The van der Waals surface area contributed by atoms with Crippen molar-refractivity contribution in [1.82, 2.24) is 0 Å². The zero-order valence-corrected chi connectivity index (χ0v) is 12.7. The lowest BCUT2D eigenvalue weighted by atomic mass is 10.2. The van der Waals surface area contributed by atoms with E-state index in [4.69, 9.17) is 14.6 Å². The van der Waals surface area contributed by atoms with Crippen molar-refractivity contribution in [3.8, 4) is 11.5 Å². The number of ether oxygens (including phenoxy) is 2. The second-order valence-corrected chi connectivity index (χ2v) is 4.75. The number of benzene rings is 2. The van der Waals surface area contributed by atoms with E-state index in [1.807, 2.05) is 12.1 Å². The number of carbonyl (C=O) groups is 1. The quantitative estimate of drug-likeness (QED) is 0.607. The van der Waals surface area contributed by atoms with Gasteiger partial charge in [-0.25, -0.2) is 4.79 Å². The smallest absolute Gasteiger partial charge is 0.358 e. The molecule has 0 aromatic heterocycles. The number of aliphatic carboxylic acids is 1. The van der Waals surface area contributed by atoms with Gasteiger partial charge in [0.05, 0.1) is 0 Å². The van der Waals surface area contributed by atoms with Gasteiger partial charge in [0.2, 0.25) is 0 Å². The highest BCUT2D eigenvalue weighted by molar-refractivity contribution is 5.85. The second kappa shape index (κ2) is 8.00. The molecule has 0 saturated carbocycles. The van der Waals surface area contributed by atoms with Crippen molar-refractivity contribution >= 4 is 12.0 Å². The van der Waals surface area contributed by atoms with Crippen LogP contribution in [0.2, 0.25) is 0 Å². The van der Waals surface area contributed by atoms with Gasteiger partial charge in [0.25, 0.3) is 0 Å². The lowest BCUT2D eigenvalue weighted by Crippen LogP contribution is -2.23. The summed E-state index contributed by atoms with van der Waals surface area (Å²) in [5.74, 6) is -0.261. The van der Waals surface area contributed by atoms with E-state index in [0.29, 0.717) is 17.1 Å². The van der Waals surface area contributed by atoms with Gasteiger partial charge in [-0.2, -0.15) is 0 Å². The summed E-state index contributed by atoms with van der Waals surface area (Å²) in [6.45, 7) is 0.553. The van der Waals surface area contributed by atoms with Crippen LogP contribution in [-0.4, -0.2) is 22.7 Å². The predicted molar refractivity (Wildman–Crippen MR) is 86.2 cm³/mol. The first-order chi connectivity index (χ1) is 11.1. The predicted octanol–water partition coefficient (Wildman–Crippen LogP) is 3.08. The molecule has 0 bridgehead atoms. The minimum atomic E-state index is -1.50. The van der Waals surface area contributed by atoms with E-state index < -0.39 is 12.4 Å². The standard InChI is InChI=1S/C18H18O5/c1-2-13-7-10-15(11-8-13)22-18(21)23-16-6-4-3-5-14(16)9-12-17(19)20/h3-12,18,21H,2H2,1H3,(H,19,20)/b12-9+. The number of hydrogen-bond donors (Lipinski definition) is 2. The molecule has 0 radical (unpaired) electrons. The van der Waals surface area contributed by atoms with Gasteiger partial charge in [0, 0.05) is 11.6 Å². The Morgan fingerprint density at radius 2 is 1.83 bits per heavy atom. The van der Waals surface area contributed by atoms with Gasteiger partial charge in [-0.05, 0) is 36.3 Å². The molecular formula is C18H18O5. The number of para-hydroxylation sites is 1. The fraction of sp³-hybridized carbons (Fsp3) is 0.167. The van der Waals surface area contributed by atoms with E-state index in [1.54, 1.807) is 36.4 Å². The summed E-state index contributed by atoms with van der Waals surface area (Å²) < 4.78 is 10.6. The average Bonchev–Trinajstić information content (AvgIpc) is 2.54. The molecule has 0 fully saturated rings. The highest BCUT2D eigenvalue weighted by Crippen LogP contribution is 2.22. The van der Waals surface area contributed by atoms with Crippen LogP contribution >= 0.6 is 0 Å². The molecule has 120 valence electrons. The van der Waals surface area contributed by atoms with Crippen LogP contribution in [0, 0.1) is 0 Å². The first-order valence-corrected chi connectivity index (χ1v) is 7.19. The van der Waals surface area contributed by atoms with Gasteiger partial charge in [-0.3, -0.25) is 0 Å². The molecule has 0 spiro atoms. The maximum Gasteiger partial charge on any atom is 0.358 e. The molecule has 1 atom stereocenters. The lowest BCUT2D eigenvalue weighted by molar-refractivity contribution is -0.160. The van der Waals surface area contributed by atoms with Crippen molar-refractivity contribution in [3.63, 3.8) is 0 Å². The Balaban J connectivity index is 2.04. The van der Waals surface area contributed by atoms with E-state index >= 15 is 0 Å². The number of carboxylic acids is 1. The Morgan fingerprint density at radius 3 is 2.48 bits per heavy atom. The molecule has 23 heavy (non-hydrogen) atoms. The molecule has 5 nitrogen and oxygen atoms in total. The van der Waals surface area contributed by atoms with Crippen LogP contribution in [0.5, 0.6) is 11.5 Å². The zero-order valence-electron chi connectivity index (χ0n) is 12.7. The van der Waals surface area contributed by atoms with Crippen LogP contribution in [0.1, 0.15) is 18.1 Å². The van der Waals surface area contributed by atoms with E-state index in [9.17, 15) is 9.90 Å². The summed E-state index contributed by atoms with van der Waals surface area (Å²) >= 11 is 0. The van der Waals surface area contributed by atoms with Crippen molar-refractivity contribution in [1.29, 1.82) is 0 Å². The summed E-state index contributed by atoms with van der Waals surface area (Å²) in [5.41, 5.74) is 1.69. The second-order valence-electron chi connectivity index (χ2n) is 4.75. The van der Waals surface area contributed by atoms with E-state index in [-0.39, 0.29) is 0 Å². The molecule has 0 heterocycles. The third-order valence-corrected chi connectivity index (χ3v) is 3.12. The molecule has 0 aliphatic rings. The molecule has 2 aromatic carbocycles. The first-order valence-electron chi connectivity index (χ1n) is 7.19. The van der Waals surface area contributed by atoms with Gasteiger partial charge in [-0.15, -0.1) is 0 Å². The maximum atomic E-state index is 10.6. The highest BCUT2D eigenvalue weighted by atomic mass is 16.8. The summed E-state index contributed by atoms with van der Waals surface area (Å²) in [6, 6.07) is 14.1. The van der Waals surface area contributed by atoms with Gasteiger partial charge < -0.3 is 19.7 Å². The van der Waals surface area contributed by atoms with Gasteiger partial charge >= 0.3 is 12.4 Å². The molecule has 0 aliphatic carbocycles. The summed E-state index contributed by atoms with van der Waals surface area (Å²) in [5, 5.41) is 18.6. The SMILES string of the molecule is CCc1ccc(OC(O)Oc2ccccc2/C=C/C(=O)O)cc1. The van der Waals surface area contributed by atoms with E-state index in [1.165, 1.54) is 6.08 Å². The van der Waals surface area contributed by atoms with Crippen molar-refractivity contribution in [2.75, 3.05) is 0 Å². The van der Waals surface area contributed by atoms with Crippen LogP contribution in [0.4, 0.5) is 0 Å². The molecule has 5 heteroatoms. The fourth-order valence-electron chi connectivity index (χ4n) is 1.94. The average molecular weight is 314 g/mol. The van der Waals surface area contributed by atoms with Gasteiger partial charge in [-0.1, -0.05) is 37.3 Å². The minimum absolute atomic E-state index is 0.322. The van der Waals surface area contributed by atoms with Crippen LogP contribution in [0.3, 0.4) is 0 Å². The molecule has 0 amide bonds. The molecule has 0 saturated heterocycles. The Kier molecular flexibility index (Phi) is 5.77. The van der Waals surface area contributed by atoms with Crippen LogP contribution in [0.25, 0.3) is 6.08 Å². The normalized spacial score (nSPS) is 12.1. The Bertz CT molecular complexity index is 676. The summed E-state index contributed by atoms with van der Waals surface area (Å²) in [4.78, 5) is 10.6. The lowest BCUT2D eigenvalue weighted by Gasteiger charge is -2.16. The van der Waals surface area contributed by atoms with Crippen LogP contribution in [0.15, 0.2) is 54.6 Å². The zero-order chi connectivity index (χ0) is 16.7. The first kappa shape index (κ1) is 16.6. The third kappa shape index (κ3) is 5.16. The number of aliphatic hydroxyl groups excluding tert-OH is 1. The van der Waals surface area contributed by atoms with Crippen molar-refractivity contribution < 1.29 is 24.5 Å². The van der Waals surface area contributed by atoms with Crippen LogP contribution in [-0.2, 0) is 11.2 Å². The van der Waals surface area contributed by atoms with Crippen LogP contribution < -0.4 is 9.47 Å². The number of rotatable bonds is 7. The summed E-state index contributed by atoms with van der Waals surface area (Å²) in [7, 11) is 0. The number of aliphatic hydroxyl groups is 1. The molecule has 2 aromatic rings. The number of carboxylic acid groups (broad SMARTS) is 1. The van der Waals surface area contributed by atoms with E-state index in [2.05, 4.69) is 6.92 Å². The van der Waals surface area contributed by atoms with Crippen molar-refractivity contribution in [3.05, 3.63) is 65.7 Å². The highest BCUT2D eigenvalue weighted by Gasteiger charge is 2.10. The molecular weight excluding hydrogens is 296 g/mol. The molecule has 2 rings (SSSR count). The number of hydrogen-bond acceptors (Lipinski definition) is 4. The fourth-order valence-corrected chi connectivity index (χ4v) is 1.94. The Morgan fingerprint density at radius 1 is 1.13 bits per heavy atom. The summed E-state index contributed by atoms with van der Waals surface area (Å²) in [6.07, 6.45) is 3.31. The largest absolute Gasteiger partial charge is 0.478 e. The third-order valence-electron chi connectivity index (χ3n) is 3.12. The Labute approximate surface area is 134 Å². The van der Waals surface area contributed by atoms with Gasteiger partial charge in [0.1, 0.15) is 11.5 Å². The number of aryl methyl sites for hydroxylation is 1. The Hall–Kier alpha value is -2.79. The molecule has 2 N–H and O–H groups in total. The molecule has 1 unspecified atom stereocenters. The minimum Gasteiger partial charge on any atom is -0.478 e. The monoisotopic (exact) mass is 314 g/mol. The van der Waals surface area contributed by atoms with Crippen molar-refractivity contribution in [2.45, 2.75) is 19.8 Å². The molecule has 0 aliphatic heterocycles. The van der Waals surface area contributed by atoms with Gasteiger partial charge in [0.15, 0.2) is 0 Å². The van der Waals surface area contributed by atoms with Crippen molar-refractivity contribution in [2.24, 2.45) is 0 Å². The van der Waals surface area contributed by atoms with E-state index in [0.717, 1.165) is 18.1 Å². The maximum absolute atomic E-state index is 10.6. The topological polar surface area (TPSA) is 76.0 Å².